The van der Waals surface area contributed by atoms with Gasteiger partial charge in [0.1, 0.15) is 11.6 Å². The van der Waals surface area contributed by atoms with Crippen molar-refractivity contribution in [1.82, 2.24) is 18.8 Å². The van der Waals surface area contributed by atoms with E-state index in [9.17, 15) is 13.2 Å². The number of hydrogen-bond acceptors (Lipinski definition) is 5. The Kier molecular flexibility index (Phi) is 6.45. The molecule has 0 bridgehead atoms. The zero-order valence-electron chi connectivity index (χ0n) is 19.5. The van der Waals surface area contributed by atoms with Crippen LogP contribution in [0.2, 0.25) is 0 Å². The van der Waals surface area contributed by atoms with Crippen LogP contribution in [0.4, 0.5) is 0 Å². The second-order valence-corrected chi connectivity index (χ2v) is 10.7. The molecular weight excluding hydrogens is 440 g/mol. The van der Waals surface area contributed by atoms with Crippen molar-refractivity contribution in [1.29, 1.82) is 0 Å². The minimum Gasteiger partial charge on any atom is -0.497 e. The van der Waals surface area contributed by atoms with Crippen LogP contribution in [0.15, 0.2) is 47.4 Å². The number of hydrogen-bond donors (Lipinski definition) is 0. The van der Waals surface area contributed by atoms with Crippen molar-refractivity contribution in [2.45, 2.75) is 36.6 Å². The highest BCUT2D eigenvalue weighted by Gasteiger charge is 2.30. The molecular formula is C24H30N4O4S. The Balaban J connectivity index is 1.49. The first-order valence-electron chi connectivity index (χ1n) is 11.0. The first-order valence-corrected chi connectivity index (χ1v) is 12.5. The fourth-order valence-corrected chi connectivity index (χ4v) is 5.35. The summed E-state index contributed by atoms with van der Waals surface area (Å²) in [5, 5.41) is 0. The van der Waals surface area contributed by atoms with E-state index < -0.39 is 10.0 Å². The molecule has 1 aliphatic heterocycles. The molecule has 33 heavy (non-hydrogen) atoms. The molecule has 2 heterocycles. The van der Waals surface area contributed by atoms with Crippen molar-refractivity contribution < 1.29 is 17.9 Å². The van der Waals surface area contributed by atoms with Crippen LogP contribution in [0.25, 0.3) is 11.0 Å². The Morgan fingerprint density at radius 1 is 1.18 bits per heavy atom. The Morgan fingerprint density at radius 3 is 2.58 bits per heavy atom. The van der Waals surface area contributed by atoms with Crippen LogP contribution in [0.5, 0.6) is 5.75 Å². The van der Waals surface area contributed by atoms with Gasteiger partial charge in [-0.1, -0.05) is 12.1 Å². The van der Waals surface area contributed by atoms with Crippen molar-refractivity contribution >= 4 is 27.0 Å². The van der Waals surface area contributed by atoms with Crippen molar-refractivity contribution in [3.8, 4) is 5.75 Å². The summed E-state index contributed by atoms with van der Waals surface area (Å²) >= 11 is 0. The average molecular weight is 471 g/mol. The highest BCUT2D eigenvalue weighted by molar-refractivity contribution is 7.89. The van der Waals surface area contributed by atoms with Gasteiger partial charge in [-0.2, -0.15) is 0 Å². The molecule has 0 spiro atoms. The van der Waals surface area contributed by atoms with Gasteiger partial charge < -0.3 is 14.2 Å². The molecule has 2 aromatic carbocycles. The number of amides is 1. The molecule has 9 heteroatoms. The Labute approximate surface area is 194 Å². The molecule has 0 saturated carbocycles. The van der Waals surface area contributed by atoms with Gasteiger partial charge in [-0.15, -0.1) is 0 Å². The van der Waals surface area contributed by atoms with Crippen LogP contribution in [-0.2, 0) is 28.3 Å². The predicted octanol–water partition coefficient (Wildman–Crippen LogP) is 3.13. The van der Waals surface area contributed by atoms with E-state index in [1.165, 1.54) is 18.4 Å². The zero-order chi connectivity index (χ0) is 23.8. The topological polar surface area (TPSA) is 84.7 Å². The summed E-state index contributed by atoms with van der Waals surface area (Å²) in [4.78, 5) is 19.9. The number of imidazole rings is 1. The van der Waals surface area contributed by atoms with E-state index in [0.29, 0.717) is 18.4 Å². The number of carbonyl (C=O) groups excluding carboxylic acids is 1. The number of aromatic nitrogens is 2. The summed E-state index contributed by atoms with van der Waals surface area (Å²) in [5.74, 6) is 1.67. The molecule has 1 aliphatic rings. The normalized spacial score (nSPS) is 16.6. The SMILES string of the molecule is COc1ccc([C@@H]2CCCN2C(=O)CCc2nc3cc(S(=O)(=O)N(C)C)ccc3n2C)cc1. The van der Waals surface area contributed by atoms with Gasteiger partial charge in [-0.25, -0.2) is 17.7 Å². The van der Waals surface area contributed by atoms with Crippen molar-refractivity contribution in [2.24, 2.45) is 7.05 Å². The largest absolute Gasteiger partial charge is 0.497 e. The first-order chi connectivity index (χ1) is 15.7. The van der Waals surface area contributed by atoms with Crippen LogP contribution < -0.4 is 4.74 Å². The standard InChI is InChI=1S/C24H30N4O4S/c1-26(2)33(30,31)19-11-12-22-20(16-19)25-23(27(22)3)13-14-24(29)28-15-5-6-21(28)17-7-9-18(32-4)10-8-17/h7-12,16,21H,5-6,13-15H2,1-4H3/t21-/m0/s1. The van der Waals surface area contributed by atoms with Gasteiger partial charge in [0.15, 0.2) is 0 Å². The third-order valence-corrected chi connectivity index (χ3v) is 8.17. The lowest BCUT2D eigenvalue weighted by Crippen LogP contribution is -2.30. The fourth-order valence-electron chi connectivity index (χ4n) is 4.42. The average Bonchev–Trinajstić information content (AvgIpc) is 3.42. The van der Waals surface area contributed by atoms with E-state index in [-0.39, 0.29) is 16.8 Å². The summed E-state index contributed by atoms with van der Waals surface area (Å²) in [7, 11) is 3.02. The van der Waals surface area contributed by atoms with E-state index in [1.807, 2.05) is 40.8 Å². The van der Waals surface area contributed by atoms with Crippen LogP contribution in [-0.4, -0.2) is 60.8 Å². The lowest BCUT2D eigenvalue weighted by Gasteiger charge is -2.25. The predicted molar refractivity (Wildman–Crippen MR) is 127 cm³/mol. The quantitative estimate of drug-likeness (QED) is 0.530. The monoisotopic (exact) mass is 470 g/mol. The van der Waals surface area contributed by atoms with E-state index in [1.54, 1.807) is 25.3 Å². The lowest BCUT2D eigenvalue weighted by molar-refractivity contribution is -0.132. The molecule has 3 aromatic rings. The van der Waals surface area contributed by atoms with E-state index in [0.717, 1.165) is 42.0 Å². The molecule has 0 aliphatic carbocycles. The van der Waals surface area contributed by atoms with Crippen molar-refractivity contribution in [3.63, 3.8) is 0 Å². The van der Waals surface area contributed by atoms with Gasteiger partial charge in [-0.05, 0) is 48.7 Å². The lowest BCUT2D eigenvalue weighted by atomic mass is 10.0. The third-order valence-electron chi connectivity index (χ3n) is 6.36. The van der Waals surface area contributed by atoms with Gasteiger partial charge in [0, 0.05) is 40.5 Å². The Bertz CT molecular complexity index is 1270. The van der Waals surface area contributed by atoms with Crippen molar-refractivity contribution in [3.05, 3.63) is 53.9 Å². The summed E-state index contributed by atoms with van der Waals surface area (Å²) in [6.07, 6.45) is 2.78. The maximum Gasteiger partial charge on any atom is 0.242 e. The van der Waals surface area contributed by atoms with Gasteiger partial charge in [-0.3, -0.25) is 4.79 Å². The molecule has 1 atom stereocenters. The number of fused-ring (bicyclic) bond motifs is 1. The summed E-state index contributed by atoms with van der Waals surface area (Å²) < 4.78 is 33.3. The highest BCUT2D eigenvalue weighted by atomic mass is 32.2. The van der Waals surface area contributed by atoms with Crippen LogP contribution in [0.1, 0.15) is 36.7 Å². The molecule has 176 valence electrons. The minimum absolute atomic E-state index is 0.0858. The fraction of sp³-hybridized carbons (Fsp3) is 0.417. The molecule has 0 N–H and O–H groups in total. The number of aryl methyl sites for hydroxylation is 2. The smallest absolute Gasteiger partial charge is 0.242 e. The zero-order valence-corrected chi connectivity index (χ0v) is 20.3. The number of sulfonamides is 1. The first kappa shape index (κ1) is 23.3. The van der Waals surface area contributed by atoms with E-state index in [2.05, 4.69) is 4.98 Å². The number of likely N-dealkylation sites (tertiary alicyclic amines) is 1. The number of benzene rings is 2. The minimum atomic E-state index is -3.53. The maximum absolute atomic E-state index is 13.1. The van der Waals surface area contributed by atoms with Crippen LogP contribution in [0.3, 0.4) is 0 Å². The van der Waals surface area contributed by atoms with Gasteiger partial charge in [0.05, 0.1) is 29.1 Å². The molecule has 0 unspecified atom stereocenters. The number of rotatable bonds is 7. The summed E-state index contributed by atoms with van der Waals surface area (Å²) in [6.45, 7) is 0.754. The third kappa shape index (κ3) is 4.47. The number of ether oxygens (including phenoxy) is 1. The van der Waals surface area contributed by atoms with Crippen LogP contribution >= 0.6 is 0 Å². The molecule has 1 aromatic heterocycles. The Hall–Kier alpha value is -2.91. The Morgan fingerprint density at radius 2 is 1.91 bits per heavy atom. The molecule has 1 amide bonds. The second-order valence-electron chi connectivity index (χ2n) is 8.54. The molecule has 1 saturated heterocycles. The van der Waals surface area contributed by atoms with Crippen LogP contribution in [0, 0.1) is 0 Å². The van der Waals surface area contributed by atoms with Crippen molar-refractivity contribution in [2.75, 3.05) is 27.7 Å². The molecule has 4 rings (SSSR count). The summed E-state index contributed by atoms with van der Waals surface area (Å²) in [6, 6.07) is 13.0. The number of carbonyl (C=O) groups is 1. The van der Waals surface area contributed by atoms with Gasteiger partial charge >= 0.3 is 0 Å². The molecule has 0 radical (unpaired) electrons. The highest BCUT2D eigenvalue weighted by Crippen LogP contribution is 2.33. The number of methoxy groups -OCH3 is 1. The van der Waals surface area contributed by atoms with Gasteiger partial charge in [0.25, 0.3) is 0 Å². The van der Waals surface area contributed by atoms with E-state index >= 15 is 0 Å². The number of nitrogens with zero attached hydrogens (tertiary/aromatic N) is 4. The second kappa shape index (κ2) is 9.15. The molecule has 8 nitrogen and oxygen atoms in total. The molecule has 1 fully saturated rings. The maximum atomic E-state index is 13.1. The van der Waals surface area contributed by atoms with E-state index in [4.69, 9.17) is 4.74 Å². The summed E-state index contributed by atoms with van der Waals surface area (Å²) in [5.41, 5.74) is 2.58. The van der Waals surface area contributed by atoms with Gasteiger partial charge in [0.2, 0.25) is 15.9 Å².